The number of aryl methyl sites for hydroxylation is 2. The molecule has 0 aliphatic carbocycles. The molecule has 0 heterocycles. The smallest absolute Gasteiger partial charge is 0.124 e. The van der Waals surface area contributed by atoms with Crippen LogP contribution in [0.25, 0.3) is 0 Å². The van der Waals surface area contributed by atoms with Gasteiger partial charge >= 0.3 is 0 Å². The van der Waals surface area contributed by atoms with Crippen LogP contribution in [-0.4, -0.2) is 27.2 Å². The Kier molecular flexibility index (Phi) is 5.29. The molecule has 0 saturated carbocycles. The van der Waals surface area contributed by atoms with Crippen molar-refractivity contribution in [3.63, 3.8) is 0 Å². The highest BCUT2D eigenvalue weighted by Crippen LogP contribution is 2.28. The largest absolute Gasteiger partial charge is 0.496 e. The maximum absolute atomic E-state index is 5.50. The van der Waals surface area contributed by atoms with E-state index in [1.165, 1.54) is 16.8 Å². The Hall–Kier alpha value is -1.22. The van der Waals surface area contributed by atoms with Crippen LogP contribution in [0, 0.1) is 13.8 Å². The minimum atomic E-state index is 0.772. The molecule has 0 atom stereocenters. The topological polar surface area (TPSA) is 38.5 Å². The number of unbranched alkanes of at least 4 members (excludes halogenated alkanes) is 1. The molecular formula is C14H24N2O. The van der Waals surface area contributed by atoms with Gasteiger partial charge < -0.3 is 15.4 Å². The zero-order valence-corrected chi connectivity index (χ0v) is 11.4. The van der Waals surface area contributed by atoms with E-state index in [4.69, 9.17) is 10.5 Å². The van der Waals surface area contributed by atoms with Crippen molar-refractivity contribution < 1.29 is 4.74 Å². The summed E-state index contributed by atoms with van der Waals surface area (Å²) >= 11 is 0. The van der Waals surface area contributed by atoms with Crippen molar-refractivity contribution in [2.45, 2.75) is 26.7 Å². The van der Waals surface area contributed by atoms with Crippen LogP contribution in [-0.2, 0) is 0 Å². The second kappa shape index (κ2) is 6.50. The summed E-state index contributed by atoms with van der Waals surface area (Å²) in [6.45, 7) is 5.99. The lowest BCUT2D eigenvalue weighted by molar-refractivity contribution is 0.408. The van der Waals surface area contributed by atoms with E-state index < -0.39 is 0 Å². The van der Waals surface area contributed by atoms with E-state index in [0.29, 0.717) is 0 Å². The van der Waals surface area contributed by atoms with E-state index in [1.807, 2.05) is 0 Å². The predicted molar refractivity (Wildman–Crippen MR) is 74.0 cm³/mol. The average molecular weight is 236 g/mol. The SMILES string of the molecule is COc1c(C)cc(N(C)CCCCN)cc1C. The standard InChI is InChI=1S/C14H24N2O/c1-11-9-13(10-12(2)14(11)17-4)16(3)8-6-5-7-15/h9-10H,5-8,15H2,1-4H3. The number of hydrogen-bond acceptors (Lipinski definition) is 3. The van der Waals surface area contributed by atoms with Gasteiger partial charge in [0.05, 0.1) is 7.11 Å². The molecular weight excluding hydrogens is 212 g/mol. The molecule has 1 rings (SSSR count). The molecule has 0 unspecified atom stereocenters. The summed E-state index contributed by atoms with van der Waals surface area (Å²) in [7, 11) is 3.84. The second-order valence-corrected chi connectivity index (χ2v) is 4.53. The average Bonchev–Trinajstić information content (AvgIpc) is 2.28. The summed E-state index contributed by atoms with van der Waals surface area (Å²) in [4.78, 5) is 2.27. The lowest BCUT2D eigenvalue weighted by Gasteiger charge is -2.21. The number of methoxy groups -OCH3 is 1. The Balaban J connectivity index is 2.77. The molecule has 96 valence electrons. The third-order valence-electron chi connectivity index (χ3n) is 3.04. The lowest BCUT2D eigenvalue weighted by atomic mass is 10.1. The van der Waals surface area contributed by atoms with Gasteiger partial charge in [-0.3, -0.25) is 0 Å². The zero-order valence-electron chi connectivity index (χ0n) is 11.4. The van der Waals surface area contributed by atoms with E-state index in [2.05, 4.69) is 37.9 Å². The monoisotopic (exact) mass is 236 g/mol. The normalized spacial score (nSPS) is 10.4. The van der Waals surface area contributed by atoms with Gasteiger partial charge in [-0.2, -0.15) is 0 Å². The number of nitrogens with zero attached hydrogens (tertiary/aromatic N) is 1. The first-order valence-corrected chi connectivity index (χ1v) is 6.16. The van der Waals surface area contributed by atoms with Crippen LogP contribution in [0.2, 0.25) is 0 Å². The van der Waals surface area contributed by atoms with Crippen LogP contribution >= 0.6 is 0 Å². The van der Waals surface area contributed by atoms with Crippen LogP contribution < -0.4 is 15.4 Å². The Morgan fingerprint density at radius 1 is 1.18 bits per heavy atom. The molecule has 0 aliphatic rings. The van der Waals surface area contributed by atoms with Crippen molar-refractivity contribution >= 4 is 5.69 Å². The van der Waals surface area contributed by atoms with Crippen molar-refractivity contribution in [3.8, 4) is 5.75 Å². The summed E-state index contributed by atoms with van der Waals surface area (Å²) in [5, 5.41) is 0. The van der Waals surface area contributed by atoms with Gasteiger partial charge in [0.2, 0.25) is 0 Å². The Morgan fingerprint density at radius 3 is 2.24 bits per heavy atom. The van der Waals surface area contributed by atoms with Crippen molar-refractivity contribution in [2.75, 3.05) is 32.1 Å². The molecule has 0 spiro atoms. The van der Waals surface area contributed by atoms with E-state index in [0.717, 1.165) is 31.7 Å². The minimum absolute atomic E-state index is 0.772. The van der Waals surface area contributed by atoms with E-state index in [-0.39, 0.29) is 0 Å². The molecule has 1 aromatic carbocycles. The molecule has 0 fully saturated rings. The van der Waals surface area contributed by atoms with Gasteiger partial charge in [-0.15, -0.1) is 0 Å². The maximum atomic E-state index is 5.50. The molecule has 0 bridgehead atoms. The number of hydrogen-bond donors (Lipinski definition) is 1. The van der Waals surface area contributed by atoms with Crippen LogP contribution in [0.3, 0.4) is 0 Å². The summed E-state index contributed by atoms with van der Waals surface area (Å²) in [6, 6.07) is 4.35. The molecule has 17 heavy (non-hydrogen) atoms. The summed E-state index contributed by atoms with van der Waals surface area (Å²) in [6.07, 6.45) is 2.22. The van der Waals surface area contributed by atoms with Gasteiger partial charge in [-0.05, 0) is 56.5 Å². The highest BCUT2D eigenvalue weighted by molar-refractivity contribution is 5.56. The number of ether oxygens (including phenoxy) is 1. The lowest BCUT2D eigenvalue weighted by Crippen LogP contribution is -2.19. The molecule has 3 nitrogen and oxygen atoms in total. The number of anilines is 1. The van der Waals surface area contributed by atoms with E-state index >= 15 is 0 Å². The fraction of sp³-hybridized carbons (Fsp3) is 0.571. The predicted octanol–water partition coefficient (Wildman–Crippen LogP) is 2.49. The molecule has 0 saturated heterocycles. The summed E-state index contributed by atoms with van der Waals surface area (Å²) in [5.74, 6) is 0.990. The van der Waals surface area contributed by atoms with E-state index in [9.17, 15) is 0 Å². The van der Waals surface area contributed by atoms with Crippen molar-refractivity contribution in [1.82, 2.24) is 0 Å². The van der Waals surface area contributed by atoms with Crippen molar-refractivity contribution in [1.29, 1.82) is 0 Å². The van der Waals surface area contributed by atoms with Gasteiger partial charge in [0.1, 0.15) is 5.75 Å². The molecule has 0 radical (unpaired) electrons. The molecule has 0 aromatic heterocycles. The van der Waals surface area contributed by atoms with E-state index in [1.54, 1.807) is 7.11 Å². The molecule has 1 aromatic rings. The molecule has 3 heteroatoms. The van der Waals surface area contributed by atoms with Gasteiger partial charge in [0.25, 0.3) is 0 Å². The van der Waals surface area contributed by atoms with Crippen LogP contribution in [0.5, 0.6) is 5.75 Å². The first kappa shape index (κ1) is 13.8. The van der Waals surface area contributed by atoms with Crippen molar-refractivity contribution in [2.24, 2.45) is 5.73 Å². The van der Waals surface area contributed by atoms with Crippen LogP contribution in [0.1, 0.15) is 24.0 Å². The third kappa shape index (κ3) is 3.63. The van der Waals surface area contributed by atoms with Crippen LogP contribution in [0.15, 0.2) is 12.1 Å². The van der Waals surface area contributed by atoms with Gasteiger partial charge in [-0.25, -0.2) is 0 Å². The maximum Gasteiger partial charge on any atom is 0.124 e. The van der Waals surface area contributed by atoms with Gasteiger partial charge in [0.15, 0.2) is 0 Å². The zero-order chi connectivity index (χ0) is 12.8. The second-order valence-electron chi connectivity index (χ2n) is 4.53. The molecule has 2 N–H and O–H groups in total. The first-order chi connectivity index (χ1) is 8.10. The van der Waals surface area contributed by atoms with Gasteiger partial charge in [0, 0.05) is 19.3 Å². The highest BCUT2D eigenvalue weighted by Gasteiger charge is 2.07. The fourth-order valence-electron chi connectivity index (χ4n) is 2.09. The fourth-order valence-corrected chi connectivity index (χ4v) is 2.09. The summed E-state index contributed by atoms with van der Waals surface area (Å²) in [5.41, 5.74) is 9.13. The minimum Gasteiger partial charge on any atom is -0.496 e. The molecule has 0 amide bonds. The first-order valence-electron chi connectivity index (χ1n) is 6.16. The molecule has 0 aliphatic heterocycles. The Morgan fingerprint density at radius 2 is 1.76 bits per heavy atom. The van der Waals surface area contributed by atoms with Gasteiger partial charge in [-0.1, -0.05) is 0 Å². The Labute approximate surface area is 105 Å². The summed E-state index contributed by atoms with van der Waals surface area (Å²) < 4.78 is 5.37. The number of benzene rings is 1. The highest BCUT2D eigenvalue weighted by atomic mass is 16.5. The van der Waals surface area contributed by atoms with Crippen LogP contribution in [0.4, 0.5) is 5.69 Å². The Bertz CT molecular complexity index is 340. The third-order valence-corrected chi connectivity index (χ3v) is 3.04. The van der Waals surface area contributed by atoms with Crippen molar-refractivity contribution in [3.05, 3.63) is 23.3 Å². The quantitative estimate of drug-likeness (QED) is 0.771. The number of rotatable bonds is 6. The number of nitrogens with two attached hydrogens (primary N) is 1.